The predicted molar refractivity (Wildman–Crippen MR) is 113 cm³/mol. The van der Waals surface area contributed by atoms with Crippen LogP contribution in [-0.4, -0.2) is 93.2 Å². The Morgan fingerprint density at radius 1 is 1.06 bits per heavy atom. The third kappa shape index (κ3) is 4.62. The van der Waals surface area contributed by atoms with E-state index in [0.29, 0.717) is 56.0 Å². The molecule has 2 aromatic rings. The number of nitrogens with zero attached hydrogens (tertiary/aromatic N) is 4. The van der Waals surface area contributed by atoms with Gasteiger partial charge in [-0.3, -0.25) is 19.6 Å². The van der Waals surface area contributed by atoms with E-state index in [9.17, 15) is 19.1 Å². The lowest BCUT2D eigenvalue weighted by atomic mass is 10.0. The fourth-order valence-corrected chi connectivity index (χ4v) is 4.48. The summed E-state index contributed by atoms with van der Waals surface area (Å²) in [6.07, 6.45) is 0.608. The molecule has 166 valence electrons. The molecule has 4 rings (SSSR count). The quantitative estimate of drug-likeness (QED) is 0.768. The summed E-state index contributed by atoms with van der Waals surface area (Å²) in [4.78, 5) is 30.3. The van der Waals surface area contributed by atoms with Crippen molar-refractivity contribution in [3.63, 3.8) is 0 Å². The third-order valence-electron chi connectivity index (χ3n) is 6.31. The molecule has 0 radical (unpaired) electrons. The summed E-state index contributed by atoms with van der Waals surface area (Å²) in [5, 5.41) is 17.5. The number of H-pyrrole nitrogens is 1. The van der Waals surface area contributed by atoms with Gasteiger partial charge in [-0.2, -0.15) is 5.10 Å². The molecule has 2 aliphatic heterocycles. The minimum Gasteiger partial charge on any atom is -0.391 e. The van der Waals surface area contributed by atoms with Crippen LogP contribution in [0.3, 0.4) is 0 Å². The molecule has 31 heavy (non-hydrogen) atoms. The Labute approximate surface area is 180 Å². The molecule has 9 heteroatoms. The second kappa shape index (κ2) is 9.15. The number of hydrogen-bond acceptors (Lipinski definition) is 5. The first kappa shape index (κ1) is 21.5. The van der Waals surface area contributed by atoms with Gasteiger partial charge in [0.25, 0.3) is 5.91 Å². The Balaban J connectivity index is 1.40. The van der Waals surface area contributed by atoms with Crippen molar-refractivity contribution >= 4 is 11.8 Å². The van der Waals surface area contributed by atoms with E-state index < -0.39 is 11.9 Å². The van der Waals surface area contributed by atoms with Gasteiger partial charge in [0.1, 0.15) is 11.5 Å². The fraction of sp³-hybridized carbons (Fsp3) is 0.500. The highest BCUT2D eigenvalue weighted by Crippen LogP contribution is 2.23. The largest absolute Gasteiger partial charge is 0.391 e. The van der Waals surface area contributed by atoms with E-state index in [-0.39, 0.29) is 17.9 Å². The Morgan fingerprint density at radius 3 is 2.48 bits per heavy atom. The molecular formula is C22H28FN5O3. The van der Waals surface area contributed by atoms with Gasteiger partial charge < -0.3 is 14.9 Å². The molecule has 0 unspecified atom stereocenters. The SMILES string of the molecule is CC(=O)N1CCN([C@H]2CCN(C(=O)c3cc(-c4ccccc4F)n[nH]3)CC[C@@H]2O)CC1. The normalized spacial score (nSPS) is 22.9. The van der Waals surface area contributed by atoms with Crippen molar-refractivity contribution in [3.05, 3.63) is 41.8 Å². The standard InChI is InChI=1S/C22H28FN5O3/c1-15(29)26-10-12-27(13-11-26)20-6-8-28(9-7-21(20)30)22(31)19-14-18(24-25-19)16-4-2-3-5-17(16)23/h2-5,14,20-21,30H,6-13H2,1H3,(H,24,25)/t20-,21-/m0/s1. The maximum atomic E-state index is 14.0. The van der Waals surface area contributed by atoms with Gasteiger partial charge in [0, 0.05) is 57.8 Å². The number of amides is 2. The summed E-state index contributed by atoms with van der Waals surface area (Å²) < 4.78 is 14.0. The molecule has 1 aromatic heterocycles. The van der Waals surface area contributed by atoms with Gasteiger partial charge in [0.2, 0.25) is 5.91 Å². The van der Waals surface area contributed by atoms with Crippen molar-refractivity contribution < 1.29 is 19.1 Å². The summed E-state index contributed by atoms with van der Waals surface area (Å²) >= 11 is 0. The van der Waals surface area contributed by atoms with Crippen molar-refractivity contribution in [2.24, 2.45) is 0 Å². The minimum atomic E-state index is -0.530. The summed E-state index contributed by atoms with van der Waals surface area (Å²) in [6.45, 7) is 5.30. The number of rotatable bonds is 3. The average molecular weight is 429 g/mol. The van der Waals surface area contributed by atoms with Crippen molar-refractivity contribution in [1.82, 2.24) is 24.9 Å². The maximum Gasteiger partial charge on any atom is 0.271 e. The van der Waals surface area contributed by atoms with E-state index in [0.717, 1.165) is 13.1 Å². The minimum absolute atomic E-state index is 0.0392. The van der Waals surface area contributed by atoms with E-state index in [4.69, 9.17) is 0 Å². The van der Waals surface area contributed by atoms with E-state index in [1.165, 1.54) is 6.07 Å². The second-order valence-electron chi connectivity index (χ2n) is 8.19. The van der Waals surface area contributed by atoms with Gasteiger partial charge in [-0.15, -0.1) is 0 Å². The van der Waals surface area contributed by atoms with Crippen LogP contribution in [0.5, 0.6) is 0 Å². The predicted octanol–water partition coefficient (Wildman–Crippen LogP) is 1.35. The molecule has 3 heterocycles. The van der Waals surface area contributed by atoms with Crippen LogP contribution in [0.25, 0.3) is 11.3 Å². The average Bonchev–Trinajstić information content (AvgIpc) is 3.17. The Kier molecular flexibility index (Phi) is 6.33. The van der Waals surface area contributed by atoms with Crippen molar-refractivity contribution in [1.29, 1.82) is 0 Å². The monoisotopic (exact) mass is 429 g/mol. The van der Waals surface area contributed by atoms with Gasteiger partial charge in [-0.05, 0) is 31.0 Å². The van der Waals surface area contributed by atoms with Crippen molar-refractivity contribution in [2.45, 2.75) is 31.9 Å². The van der Waals surface area contributed by atoms with Crippen LogP contribution in [0.2, 0.25) is 0 Å². The number of aromatic nitrogens is 2. The first-order valence-electron chi connectivity index (χ1n) is 10.7. The molecule has 2 aliphatic rings. The lowest BCUT2D eigenvalue weighted by Gasteiger charge is -2.40. The number of aromatic amines is 1. The first-order valence-corrected chi connectivity index (χ1v) is 10.7. The number of halogens is 1. The molecular weight excluding hydrogens is 401 g/mol. The third-order valence-corrected chi connectivity index (χ3v) is 6.31. The van der Waals surface area contributed by atoms with E-state index in [1.54, 1.807) is 36.1 Å². The lowest BCUT2D eigenvalue weighted by Crippen LogP contribution is -2.54. The second-order valence-corrected chi connectivity index (χ2v) is 8.19. The number of carbonyl (C=O) groups excluding carboxylic acids is 2. The van der Waals surface area contributed by atoms with Crippen molar-refractivity contribution in [3.8, 4) is 11.3 Å². The molecule has 1 aromatic carbocycles. The highest BCUT2D eigenvalue weighted by molar-refractivity contribution is 5.93. The molecule has 2 N–H and O–H groups in total. The number of aliphatic hydroxyl groups excluding tert-OH is 1. The molecule has 2 amide bonds. The first-order chi connectivity index (χ1) is 14.9. The van der Waals surface area contributed by atoms with E-state index in [1.807, 2.05) is 4.90 Å². The number of benzene rings is 1. The van der Waals surface area contributed by atoms with E-state index >= 15 is 0 Å². The van der Waals surface area contributed by atoms with Gasteiger partial charge in [-0.25, -0.2) is 4.39 Å². The molecule has 0 spiro atoms. The molecule has 8 nitrogen and oxygen atoms in total. The maximum absolute atomic E-state index is 14.0. The molecule has 2 saturated heterocycles. The van der Waals surface area contributed by atoms with Gasteiger partial charge in [0.15, 0.2) is 0 Å². The van der Waals surface area contributed by atoms with Crippen molar-refractivity contribution in [2.75, 3.05) is 39.3 Å². The number of carbonyl (C=O) groups is 2. The molecule has 0 bridgehead atoms. The van der Waals surface area contributed by atoms with Crippen LogP contribution in [0.4, 0.5) is 4.39 Å². The van der Waals surface area contributed by atoms with Crippen LogP contribution < -0.4 is 0 Å². The molecule has 2 fully saturated rings. The molecule has 2 atom stereocenters. The smallest absolute Gasteiger partial charge is 0.271 e. The number of likely N-dealkylation sites (tertiary alicyclic amines) is 1. The number of hydrogen-bond donors (Lipinski definition) is 2. The van der Waals surface area contributed by atoms with Gasteiger partial charge >= 0.3 is 0 Å². The fourth-order valence-electron chi connectivity index (χ4n) is 4.48. The molecule has 0 aliphatic carbocycles. The van der Waals surface area contributed by atoms with Crippen LogP contribution in [-0.2, 0) is 4.79 Å². The lowest BCUT2D eigenvalue weighted by molar-refractivity contribution is -0.131. The van der Waals surface area contributed by atoms with Gasteiger partial charge in [0.05, 0.1) is 11.8 Å². The van der Waals surface area contributed by atoms with Gasteiger partial charge in [-0.1, -0.05) is 12.1 Å². The van der Waals surface area contributed by atoms with Crippen LogP contribution in [0.15, 0.2) is 30.3 Å². The zero-order valence-corrected chi connectivity index (χ0v) is 17.6. The Hall–Kier alpha value is -2.78. The highest BCUT2D eigenvalue weighted by atomic mass is 19.1. The van der Waals surface area contributed by atoms with Crippen LogP contribution in [0, 0.1) is 5.82 Å². The highest BCUT2D eigenvalue weighted by Gasteiger charge is 2.33. The summed E-state index contributed by atoms with van der Waals surface area (Å²) in [5.74, 6) is -0.518. The van der Waals surface area contributed by atoms with Crippen LogP contribution >= 0.6 is 0 Å². The number of piperazine rings is 1. The van der Waals surface area contributed by atoms with Crippen LogP contribution in [0.1, 0.15) is 30.3 Å². The zero-order valence-electron chi connectivity index (χ0n) is 17.6. The number of nitrogens with one attached hydrogen (secondary N) is 1. The zero-order chi connectivity index (χ0) is 22.0. The van der Waals surface area contributed by atoms with E-state index in [2.05, 4.69) is 15.1 Å². The Bertz CT molecular complexity index is 941. The number of aliphatic hydroxyl groups is 1. The Morgan fingerprint density at radius 2 is 1.77 bits per heavy atom. The summed E-state index contributed by atoms with van der Waals surface area (Å²) in [7, 11) is 0. The summed E-state index contributed by atoms with van der Waals surface area (Å²) in [6, 6.07) is 7.84. The topological polar surface area (TPSA) is 92.8 Å². The summed E-state index contributed by atoms with van der Waals surface area (Å²) in [5.41, 5.74) is 1.03. The molecule has 0 saturated carbocycles.